The molecule has 0 bridgehead atoms. The van der Waals surface area contributed by atoms with E-state index in [1.54, 1.807) is 6.20 Å². The van der Waals surface area contributed by atoms with Gasteiger partial charge in [0.1, 0.15) is 0 Å². The number of rotatable bonds is 2. The van der Waals surface area contributed by atoms with Crippen molar-refractivity contribution in [2.45, 2.75) is 18.8 Å². The molecule has 3 heterocycles. The fourth-order valence-electron chi connectivity index (χ4n) is 2.14. The number of hydrogen-bond donors (Lipinski definition) is 1. The molecule has 17 heavy (non-hydrogen) atoms. The van der Waals surface area contributed by atoms with Crippen molar-refractivity contribution in [1.82, 2.24) is 25.0 Å². The van der Waals surface area contributed by atoms with Gasteiger partial charge in [0, 0.05) is 26.0 Å². The normalized spacial score (nSPS) is 24.4. The molecular formula is C11H15N5O. The number of nitrogens with zero attached hydrogens (tertiary/aromatic N) is 4. The highest BCUT2D eigenvalue weighted by atomic mass is 16.5. The van der Waals surface area contributed by atoms with Gasteiger partial charge in [-0.1, -0.05) is 5.16 Å². The zero-order valence-electron chi connectivity index (χ0n) is 9.97. The molecule has 2 aromatic rings. The summed E-state index contributed by atoms with van der Waals surface area (Å²) in [5.41, 5.74) is -0.0452. The molecular weight excluding hydrogens is 218 g/mol. The fourth-order valence-corrected chi connectivity index (χ4v) is 2.14. The molecule has 2 aromatic heterocycles. The Labute approximate surface area is 99.0 Å². The molecule has 0 radical (unpaired) electrons. The molecule has 0 spiro atoms. The molecule has 1 saturated heterocycles. The molecule has 3 rings (SSSR count). The van der Waals surface area contributed by atoms with E-state index < -0.39 is 0 Å². The Kier molecular flexibility index (Phi) is 2.25. The van der Waals surface area contributed by atoms with E-state index >= 15 is 0 Å². The Morgan fingerprint density at radius 3 is 3.06 bits per heavy atom. The largest absolute Gasteiger partial charge is 0.338 e. The number of hydrogen-bond acceptors (Lipinski definition) is 5. The molecule has 1 fully saturated rings. The van der Waals surface area contributed by atoms with Crippen LogP contribution in [0.1, 0.15) is 19.2 Å². The van der Waals surface area contributed by atoms with Crippen LogP contribution >= 0.6 is 0 Å². The third-order valence-electron chi connectivity index (χ3n) is 3.33. The van der Waals surface area contributed by atoms with Gasteiger partial charge in [0.2, 0.25) is 11.7 Å². The zero-order chi connectivity index (χ0) is 11.9. The van der Waals surface area contributed by atoms with Crippen molar-refractivity contribution in [3.05, 3.63) is 18.3 Å². The van der Waals surface area contributed by atoms with Gasteiger partial charge < -0.3 is 14.4 Å². The highest BCUT2D eigenvalue weighted by molar-refractivity contribution is 5.42. The molecule has 90 valence electrons. The van der Waals surface area contributed by atoms with Crippen LogP contribution in [0.2, 0.25) is 0 Å². The molecule has 0 amide bonds. The first-order valence-electron chi connectivity index (χ1n) is 5.72. The van der Waals surface area contributed by atoms with Crippen molar-refractivity contribution in [1.29, 1.82) is 0 Å². The molecule has 0 aliphatic carbocycles. The monoisotopic (exact) mass is 233 g/mol. The SMILES string of the molecule is Cn1ccnc1-c1noc(C2(C)CCNC2)n1. The molecule has 1 unspecified atom stereocenters. The smallest absolute Gasteiger partial charge is 0.238 e. The fraction of sp³-hybridized carbons (Fsp3) is 0.545. The maximum absolute atomic E-state index is 5.38. The van der Waals surface area contributed by atoms with E-state index in [1.807, 2.05) is 17.8 Å². The quantitative estimate of drug-likeness (QED) is 0.827. The third kappa shape index (κ3) is 1.64. The predicted molar refractivity (Wildman–Crippen MR) is 61.3 cm³/mol. The lowest BCUT2D eigenvalue weighted by atomic mass is 9.90. The van der Waals surface area contributed by atoms with Gasteiger partial charge in [-0.25, -0.2) is 4.98 Å². The third-order valence-corrected chi connectivity index (χ3v) is 3.33. The Morgan fingerprint density at radius 1 is 1.53 bits per heavy atom. The Hall–Kier alpha value is -1.69. The minimum atomic E-state index is -0.0452. The van der Waals surface area contributed by atoms with Gasteiger partial charge in [-0.05, 0) is 19.9 Å². The van der Waals surface area contributed by atoms with E-state index in [0.717, 1.165) is 25.3 Å². The van der Waals surface area contributed by atoms with Crippen molar-refractivity contribution in [2.24, 2.45) is 7.05 Å². The zero-order valence-corrected chi connectivity index (χ0v) is 9.97. The van der Waals surface area contributed by atoms with Gasteiger partial charge >= 0.3 is 0 Å². The molecule has 1 atom stereocenters. The van der Waals surface area contributed by atoms with Crippen molar-refractivity contribution < 1.29 is 4.52 Å². The maximum Gasteiger partial charge on any atom is 0.238 e. The predicted octanol–water partition coefficient (Wildman–Crippen LogP) is 0.721. The lowest BCUT2D eigenvalue weighted by Gasteiger charge is -2.15. The van der Waals surface area contributed by atoms with E-state index in [2.05, 4.69) is 27.4 Å². The minimum Gasteiger partial charge on any atom is -0.338 e. The van der Waals surface area contributed by atoms with Crippen LogP contribution in [0.25, 0.3) is 11.6 Å². The summed E-state index contributed by atoms with van der Waals surface area (Å²) in [5, 5.41) is 7.33. The average molecular weight is 233 g/mol. The molecule has 0 aromatic carbocycles. The molecule has 1 aliphatic rings. The minimum absolute atomic E-state index is 0.0452. The molecule has 6 heteroatoms. The Morgan fingerprint density at radius 2 is 2.41 bits per heavy atom. The second kappa shape index (κ2) is 3.66. The lowest BCUT2D eigenvalue weighted by molar-refractivity contribution is 0.306. The van der Waals surface area contributed by atoms with Crippen LogP contribution < -0.4 is 5.32 Å². The van der Waals surface area contributed by atoms with E-state index in [9.17, 15) is 0 Å². The number of aryl methyl sites for hydroxylation is 1. The molecule has 1 N–H and O–H groups in total. The van der Waals surface area contributed by atoms with Gasteiger partial charge in [-0.3, -0.25) is 0 Å². The summed E-state index contributed by atoms with van der Waals surface area (Å²) in [6, 6.07) is 0. The first-order chi connectivity index (χ1) is 8.19. The number of imidazole rings is 1. The van der Waals surface area contributed by atoms with Crippen LogP contribution in [0.3, 0.4) is 0 Å². The molecule has 0 saturated carbocycles. The van der Waals surface area contributed by atoms with Crippen LogP contribution in [0.5, 0.6) is 0 Å². The van der Waals surface area contributed by atoms with Gasteiger partial charge in [0.05, 0.1) is 5.41 Å². The summed E-state index contributed by atoms with van der Waals surface area (Å²) in [4.78, 5) is 8.68. The van der Waals surface area contributed by atoms with E-state index in [1.165, 1.54) is 0 Å². The number of aromatic nitrogens is 4. The summed E-state index contributed by atoms with van der Waals surface area (Å²) in [6.45, 7) is 4.02. The van der Waals surface area contributed by atoms with Crippen LogP contribution in [-0.2, 0) is 12.5 Å². The summed E-state index contributed by atoms with van der Waals surface area (Å²) in [5.74, 6) is 1.98. The summed E-state index contributed by atoms with van der Waals surface area (Å²) in [6.07, 6.45) is 4.61. The molecule has 6 nitrogen and oxygen atoms in total. The lowest BCUT2D eigenvalue weighted by Crippen LogP contribution is -2.25. The van der Waals surface area contributed by atoms with Gasteiger partial charge in [-0.2, -0.15) is 4.98 Å². The first kappa shape index (κ1) is 10.5. The number of nitrogens with one attached hydrogen (secondary N) is 1. The molecule has 1 aliphatic heterocycles. The van der Waals surface area contributed by atoms with Gasteiger partial charge in [-0.15, -0.1) is 0 Å². The van der Waals surface area contributed by atoms with Crippen molar-refractivity contribution in [3.8, 4) is 11.6 Å². The van der Waals surface area contributed by atoms with Crippen LogP contribution in [0, 0.1) is 0 Å². The summed E-state index contributed by atoms with van der Waals surface area (Å²) < 4.78 is 7.25. The van der Waals surface area contributed by atoms with Crippen LogP contribution in [-0.4, -0.2) is 32.8 Å². The second-order valence-electron chi connectivity index (χ2n) is 4.77. The second-order valence-corrected chi connectivity index (χ2v) is 4.77. The van der Waals surface area contributed by atoms with E-state index in [-0.39, 0.29) is 5.41 Å². The van der Waals surface area contributed by atoms with E-state index in [0.29, 0.717) is 11.7 Å². The topological polar surface area (TPSA) is 68.8 Å². The highest BCUT2D eigenvalue weighted by Crippen LogP contribution is 2.29. The Balaban J connectivity index is 1.96. The van der Waals surface area contributed by atoms with Crippen LogP contribution in [0.15, 0.2) is 16.9 Å². The van der Waals surface area contributed by atoms with Crippen molar-refractivity contribution >= 4 is 0 Å². The average Bonchev–Trinajstić information content (AvgIpc) is 2.97. The standard InChI is InChI=1S/C11H15N5O/c1-11(3-4-12-7-11)10-14-8(15-17-10)9-13-5-6-16(9)2/h5-6,12H,3-4,7H2,1-2H3. The Bertz CT molecular complexity index is 523. The van der Waals surface area contributed by atoms with Crippen LogP contribution in [0.4, 0.5) is 0 Å². The van der Waals surface area contributed by atoms with Crippen molar-refractivity contribution in [3.63, 3.8) is 0 Å². The highest BCUT2D eigenvalue weighted by Gasteiger charge is 2.36. The van der Waals surface area contributed by atoms with E-state index in [4.69, 9.17) is 4.52 Å². The van der Waals surface area contributed by atoms with Crippen molar-refractivity contribution in [2.75, 3.05) is 13.1 Å². The maximum atomic E-state index is 5.38. The van der Waals surface area contributed by atoms with Gasteiger partial charge in [0.15, 0.2) is 5.82 Å². The summed E-state index contributed by atoms with van der Waals surface area (Å²) >= 11 is 0. The first-order valence-corrected chi connectivity index (χ1v) is 5.72. The van der Waals surface area contributed by atoms with Gasteiger partial charge in [0.25, 0.3) is 0 Å². The summed E-state index contributed by atoms with van der Waals surface area (Å²) in [7, 11) is 1.91.